The Hall–Kier alpha value is -3.44. The van der Waals surface area contributed by atoms with Gasteiger partial charge in [-0.1, -0.05) is 0 Å². The topological polar surface area (TPSA) is 102 Å². The number of hydrogen-bond acceptors (Lipinski definition) is 9. The Morgan fingerprint density at radius 2 is 2.03 bits per heavy atom. The highest BCUT2D eigenvalue weighted by atomic mass is 32.2. The number of rotatable bonds is 7. The number of halogens is 1. The first-order chi connectivity index (χ1) is 16.1. The number of ether oxygens (including phenoxy) is 2. The van der Waals surface area contributed by atoms with Crippen molar-refractivity contribution in [3.8, 4) is 17.5 Å². The third-order valence-corrected chi connectivity index (χ3v) is 6.37. The second kappa shape index (κ2) is 8.83. The van der Waals surface area contributed by atoms with Crippen LogP contribution in [0.1, 0.15) is 30.4 Å². The molecule has 11 heteroatoms. The molecule has 9 nitrogen and oxygen atoms in total. The van der Waals surface area contributed by atoms with Crippen molar-refractivity contribution in [1.29, 1.82) is 0 Å². The predicted octanol–water partition coefficient (Wildman–Crippen LogP) is 4.39. The third kappa shape index (κ3) is 3.93. The van der Waals surface area contributed by atoms with Crippen LogP contribution >= 0.6 is 12.1 Å². The lowest BCUT2D eigenvalue weighted by Gasteiger charge is -2.52. The number of benzene rings is 1. The maximum absolute atomic E-state index is 15.0. The molecule has 1 fully saturated rings. The molecular weight excluding hydrogens is 447 g/mol. The number of nitrogens with zero attached hydrogens (tertiary/aromatic N) is 4. The van der Waals surface area contributed by atoms with Crippen LogP contribution in [0.2, 0.25) is 0 Å². The zero-order valence-electron chi connectivity index (χ0n) is 17.7. The molecular formula is C22H21FN6O3S. The number of amides is 1. The summed E-state index contributed by atoms with van der Waals surface area (Å²) in [5.41, 5.74) is 0.695. The average Bonchev–Trinajstić information content (AvgIpc) is 2.79. The van der Waals surface area contributed by atoms with Crippen LogP contribution in [0.5, 0.6) is 17.5 Å². The van der Waals surface area contributed by atoms with Crippen molar-refractivity contribution in [2.45, 2.75) is 31.3 Å². The zero-order chi connectivity index (χ0) is 22.8. The third-order valence-electron chi connectivity index (χ3n) is 5.87. The molecule has 1 aliphatic carbocycles. The molecule has 1 saturated carbocycles. The molecule has 33 heavy (non-hydrogen) atoms. The highest BCUT2D eigenvalue weighted by Crippen LogP contribution is 2.53. The molecule has 1 spiro atoms. The molecule has 1 amide bonds. The van der Waals surface area contributed by atoms with Crippen molar-refractivity contribution in [3.05, 3.63) is 65.9 Å². The van der Waals surface area contributed by atoms with E-state index in [0.717, 1.165) is 37.0 Å². The van der Waals surface area contributed by atoms with Crippen LogP contribution in [0.25, 0.3) is 0 Å². The van der Waals surface area contributed by atoms with E-state index in [4.69, 9.17) is 9.47 Å². The van der Waals surface area contributed by atoms with Gasteiger partial charge in [-0.3, -0.25) is 9.62 Å². The van der Waals surface area contributed by atoms with Crippen molar-refractivity contribution < 1.29 is 18.7 Å². The summed E-state index contributed by atoms with van der Waals surface area (Å²) in [5, 5.41) is 0. The van der Waals surface area contributed by atoms with Gasteiger partial charge in [0.15, 0.2) is 11.6 Å². The van der Waals surface area contributed by atoms with Crippen molar-refractivity contribution in [2.24, 2.45) is 0 Å². The molecule has 5 rings (SSSR count). The second-order valence-corrected chi connectivity index (χ2v) is 8.49. The van der Waals surface area contributed by atoms with Crippen LogP contribution in [0, 0.1) is 5.82 Å². The molecule has 170 valence electrons. The number of fused-ring (bicyclic) bond motifs is 2. The van der Waals surface area contributed by atoms with E-state index in [1.54, 1.807) is 48.6 Å². The van der Waals surface area contributed by atoms with E-state index < -0.39 is 17.4 Å². The fourth-order valence-electron chi connectivity index (χ4n) is 4.16. The lowest BCUT2D eigenvalue weighted by atomic mass is 9.69. The van der Waals surface area contributed by atoms with Gasteiger partial charge in [0.2, 0.25) is 0 Å². The monoisotopic (exact) mass is 468 g/mol. The van der Waals surface area contributed by atoms with Crippen LogP contribution in [0.4, 0.5) is 15.0 Å². The van der Waals surface area contributed by atoms with Crippen LogP contribution in [0.3, 0.4) is 0 Å². The maximum atomic E-state index is 15.0. The summed E-state index contributed by atoms with van der Waals surface area (Å²) in [4.78, 5) is 26.8. The highest BCUT2D eigenvalue weighted by molar-refractivity contribution is 7.98. The van der Waals surface area contributed by atoms with E-state index in [0.29, 0.717) is 17.1 Å². The minimum Gasteiger partial charge on any atom is -0.424 e. The van der Waals surface area contributed by atoms with E-state index >= 15 is 4.39 Å². The van der Waals surface area contributed by atoms with Crippen LogP contribution in [-0.4, -0.2) is 33.0 Å². The summed E-state index contributed by atoms with van der Waals surface area (Å²) in [6, 6.07) is 8.85. The smallest absolute Gasteiger partial charge is 0.416 e. The maximum Gasteiger partial charge on any atom is 0.416 e. The molecule has 0 unspecified atom stereocenters. The molecule has 0 radical (unpaired) electrons. The van der Waals surface area contributed by atoms with Crippen molar-refractivity contribution in [1.82, 2.24) is 24.6 Å². The first kappa shape index (κ1) is 21.4. The lowest BCUT2D eigenvalue weighted by molar-refractivity contribution is 0.00112. The summed E-state index contributed by atoms with van der Waals surface area (Å²) in [7, 11) is 1.71. The van der Waals surface area contributed by atoms with Crippen LogP contribution in [0.15, 0.2) is 48.9 Å². The summed E-state index contributed by atoms with van der Waals surface area (Å²) in [5.74, 6) is 0.506. The van der Waals surface area contributed by atoms with Gasteiger partial charge in [-0.15, -0.1) is 0 Å². The Kier molecular flexibility index (Phi) is 5.73. The van der Waals surface area contributed by atoms with Gasteiger partial charge < -0.3 is 9.47 Å². The Labute approximate surface area is 194 Å². The summed E-state index contributed by atoms with van der Waals surface area (Å²) in [6.45, 7) is 0.0711. The Morgan fingerprint density at radius 1 is 1.21 bits per heavy atom. The first-order valence-electron chi connectivity index (χ1n) is 10.4. The fourth-order valence-corrected chi connectivity index (χ4v) is 4.50. The number of pyridine rings is 1. The number of aromatic nitrogens is 3. The minimum atomic E-state index is -0.546. The summed E-state index contributed by atoms with van der Waals surface area (Å²) < 4.78 is 32.0. The molecule has 0 atom stereocenters. The Morgan fingerprint density at radius 3 is 2.76 bits per heavy atom. The molecule has 2 aliphatic rings. The van der Waals surface area contributed by atoms with Gasteiger partial charge in [-0.2, -0.15) is 0 Å². The van der Waals surface area contributed by atoms with Gasteiger partial charge in [0, 0.05) is 47.9 Å². The molecule has 3 heterocycles. The lowest BCUT2D eigenvalue weighted by Crippen LogP contribution is -2.57. The van der Waals surface area contributed by atoms with Gasteiger partial charge in [-0.25, -0.2) is 28.9 Å². The van der Waals surface area contributed by atoms with Gasteiger partial charge >= 0.3 is 12.1 Å². The van der Waals surface area contributed by atoms with Gasteiger partial charge in [-0.05, 0) is 50.6 Å². The molecule has 1 aliphatic heterocycles. The zero-order valence-corrected chi connectivity index (χ0v) is 18.6. The number of carbonyl (C=O) groups excluding carboxylic acids is 1. The summed E-state index contributed by atoms with van der Waals surface area (Å²) in [6.07, 6.45) is 6.66. The van der Waals surface area contributed by atoms with E-state index in [1.807, 2.05) is 6.07 Å². The van der Waals surface area contributed by atoms with E-state index in [1.165, 1.54) is 6.20 Å². The Bertz CT molecular complexity index is 1180. The fraction of sp³-hybridized carbons (Fsp3) is 0.273. The number of nitrogens with one attached hydrogen (secondary N) is 2. The normalized spacial score (nSPS) is 16.1. The van der Waals surface area contributed by atoms with E-state index in [9.17, 15) is 4.79 Å². The molecule has 2 aromatic heterocycles. The highest BCUT2D eigenvalue weighted by Gasteiger charge is 2.51. The minimum absolute atomic E-state index is 0.0711. The Balaban J connectivity index is 1.44. The second-order valence-electron chi connectivity index (χ2n) is 7.67. The number of anilines is 1. The number of hydrogen-bond donors (Lipinski definition) is 2. The molecule has 2 N–H and O–H groups in total. The first-order valence-corrected chi connectivity index (χ1v) is 11.2. The number of carbonyl (C=O) groups is 1. The summed E-state index contributed by atoms with van der Waals surface area (Å²) >= 11 is 1.11. The average molecular weight is 469 g/mol. The predicted molar refractivity (Wildman–Crippen MR) is 120 cm³/mol. The SMILES string of the molecule is CNSNc1nccc(CN2C(=O)Oc3cc(Oc4ncccn4)ccc3C23CCC3)c1F. The molecule has 1 aromatic carbocycles. The van der Waals surface area contributed by atoms with Crippen molar-refractivity contribution >= 4 is 24.0 Å². The standard InChI is InChI=1S/C22H21FN6O3S/c1-24-33-28-19-18(23)14(6-11-25-19)13-29-21(30)32-17-12-15(31-20-26-9-3-10-27-20)4-5-16(17)22(29)7-2-8-22/h3-6,9-12,24H,2,7-8,13H2,1H3,(H,25,28). The molecule has 0 bridgehead atoms. The van der Waals surface area contributed by atoms with Crippen LogP contribution in [-0.2, 0) is 12.1 Å². The van der Waals surface area contributed by atoms with Crippen molar-refractivity contribution in [3.63, 3.8) is 0 Å². The molecule has 0 saturated heterocycles. The van der Waals surface area contributed by atoms with E-state index in [2.05, 4.69) is 24.4 Å². The van der Waals surface area contributed by atoms with Gasteiger partial charge in [0.05, 0.1) is 12.1 Å². The van der Waals surface area contributed by atoms with Gasteiger partial charge in [0.1, 0.15) is 11.5 Å². The quantitative estimate of drug-likeness (QED) is 0.489. The molecule has 3 aromatic rings. The van der Waals surface area contributed by atoms with E-state index in [-0.39, 0.29) is 18.4 Å². The van der Waals surface area contributed by atoms with Crippen molar-refractivity contribution in [2.75, 3.05) is 11.8 Å². The van der Waals surface area contributed by atoms with Gasteiger partial charge in [0.25, 0.3) is 0 Å². The largest absolute Gasteiger partial charge is 0.424 e. The van der Waals surface area contributed by atoms with Crippen LogP contribution < -0.4 is 18.9 Å².